The van der Waals surface area contributed by atoms with Crippen LogP contribution < -0.4 is 10.6 Å². The van der Waals surface area contributed by atoms with Gasteiger partial charge in [-0.05, 0) is 33.2 Å². The van der Waals surface area contributed by atoms with Crippen LogP contribution in [0, 0.1) is 13.8 Å². The molecule has 94 valence electrons. The minimum atomic E-state index is -0.0751. The number of aromatic nitrogens is 2. The third-order valence-corrected chi connectivity index (χ3v) is 3.37. The fourth-order valence-corrected chi connectivity index (χ4v) is 2.06. The number of hydrogen-bond acceptors (Lipinski definition) is 3. The lowest BCUT2D eigenvalue weighted by molar-refractivity contribution is -0.118. The number of hydrogen-bond donors (Lipinski definition) is 3. The first-order chi connectivity index (χ1) is 8.18. The molecule has 1 aliphatic heterocycles. The highest BCUT2D eigenvalue weighted by Crippen LogP contribution is 2.15. The molecule has 0 bridgehead atoms. The van der Waals surface area contributed by atoms with Gasteiger partial charge in [0.05, 0.1) is 6.04 Å². The predicted molar refractivity (Wildman–Crippen MR) is 67.0 cm³/mol. The SMILES string of the molecule is Cc1[nH]nc(NC(=O)C2CCCCCN2)c1C. The van der Waals surface area contributed by atoms with E-state index in [1.165, 1.54) is 6.42 Å². The van der Waals surface area contributed by atoms with Gasteiger partial charge in [0.15, 0.2) is 5.82 Å². The van der Waals surface area contributed by atoms with Gasteiger partial charge in [0.1, 0.15) is 0 Å². The Morgan fingerprint density at radius 3 is 2.88 bits per heavy atom. The lowest BCUT2D eigenvalue weighted by Crippen LogP contribution is -2.40. The van der Waals surface area contributed by atoms with Crippen LogP contribution in [0.25, 0.3) is 0 Å². The Morgan fingerprint density at radius 2 is 2.18 bits per heavy atom. The van der Waals surface area contributed by atoms with Gasteiger partial charge >= 0.3 is 0 Å². The van der Waals surface area contributed by atoms with Gasteiger partial charge in [-0.15, -0.1) is 0 Å². The molecule has 0 aromatic carbocycles. The summed E-state index contributed by atoms with van der Waals surface area (Å²) in [6.07, 6.45) is 4.39. The summed E-state index contributed by atoms with van der Waals surface area (Å²) >= 11 is 0. The van der Waals surface area contributed by atoms with Crippen molar-refractivity contribution in [3.8, 4) is 0 Å². The van der Waals surface area contributed by atoms with Gasteiger partial charge in [-0.1, -0.05) is 12.8 Å². The molecule has 1 amide bonds. The van der Waals surface area contributed by atoms with Crippen LogP contribution in [0.5, 0.6) is 0 Å². The summed E-state index contributed by atoms with van der Waals surface area (Å²) in [5, 5.41) is 13.1. The molecule has 0 saturated carbocycles. The second kappa shape index (κ2) is 5.31. The lowest BCUT2D eigenvalue weighted by Gasteiger charge is -2.14. The van der Waals surface area contributed by atoms with Crippen molar-refractivity contribution in [3.05, 3.63) is 11.3 Å². The summed E-state index contributed by atoms with van der Waals surface area (Å²) in [5.41, 5.74) is 2.00. The number of carbonyl (C=O) groups excluding carboxylic acids is 1. The van der Waals surface area contributed by atoms with E-state index < -0.39 is 0 Å². The molecule has 1 unspecified atom stereocenters. The Balaban J connectivity index is 1.98. The summed E-state index contributed by atoms with van der Waals surface area (Å²) in [7, 11) is 0. The van der Waals surface area contributed by atoms with Crippen molar-refractivity contribution in [1.29, 1.82) is 0 Å². The van der Waals surface area contributed by atoms with Crippen molar-refractivity contribution >= 4 is 11.7 Å². The topological polar surface area (TPSA) is 69.8 Å². The zero-order valence-corrected chi connectivity index (χ0v) is 10.5. The summed E-state index contributed by atoms with van der Waals surface area (Å²) in [6, 6.07) is -0.0751. The normalized spacial score (nSPS) is 20.9. The maximum absolute atomic E-state index is 12.1. The van der Waals surface area contributed by atoms with Gasteiger partial charge in [0, 0.05) is 11.3 Å². The fourth-order valence-electron chi connectivity index (χ4n) is 2.06. The van der Waals surface area contributed by atoms with Crippen molar-refractivity contribution in [2.24, 2.45) is 0 Å². The molecule has 1 atom stereocenters. The average molecular weight is 236 g/mol. The van der Waals surface area contributed by atoms with Crippen molar-refractivity contribution in [1.82, 2.24) is 15.5 Å². The van der Waals surface area contributed by atoms with Crippen molar-refractivity contribution in [3.63, 3.8) is 0 Å². The summed E-state index contributed by atoms with van der Waals surface area (Å²) in [5.74, 6) is 0.681. The van der Waals surface area contributed by atoms with E-state index in [4.69, 9.17) is 0 Å². The van der Waals surface area contributed by atoms with Gasteiger partial charge in [-0.2, -0.15) is 5.10 Å². The third kappa shape index (κ3) is 2.85. The highest BCUT2D eigenvalue weighted by Gasteiger charge is 2.20. The van der Waals surface area contributed by atoms with E-state index in [0.717, 1.165) is 37.1 Å². The highest BCUT2D eigenvalue weighted by atomic mass is 16.2. The Bertz CT molecular complexity index is 391. The second-order valence-corrected chi connectivity index (χ2v) is 4.67. The zero-order valence-electron chi connectivity index (χ0n) is 10.5. The zero-order chi connectivity index (χ0) is 12.3. The summed E-state index contributed by atoms with van der Waals surface area (Å²) in [6.45, 7) is 4.83. The number of anilines is 1. The lowest BCUT2D eigenvalue weighted by atomic mass is 10.1. The smallest absolute Gasteiger partial charge is 0.242 e. The molecule has 1 fully saturated rings. The molecule has 0 aliphatic carbocycles. The van der Waals surface area contributed by atoms with Crippen LogP contribution >= 0.6 is 0 Å². The van der Waals surface area contributed by atoms with Gasteiger partial charge in [0.25, 0.3) is 0 Å². The molecule has 0 spiro atoms. The molecule has 3 N–H and O–H groups in total. The fraction of sp³-hybridized carbons (Fsp3) is 0.667. The molecular formula is C12H20N4O. The van der Waals surface area contributed by atoms with Crippen molar-refractivity contribution < 1.29 is 4.79 Å². The molecule has 1 aromatic heterocycles. The molecule has 1 saturated heterocycles. The molecule has 1 aliphatic rings. The van der Waals surface area contributed by atoms with Crippen LogP contribution in [-0.2, 0) is 4.79 Å². The number of nitrogens with zero attached hydrogens (tertiary/aromatic N) is 1. The van der Waals surface area contributed by atoms with Gasteiger partial charge in [0.2, 0.25) is 5.91 Å². The number of amides is 1. The molecule has 0 radical (unpaired) electrons. The Kier molecular flexibility index (Phi) is 3.78. The maximum atomic E-state index is 12.1. The van der Waals surface area contributed by atoms with Crippen LogP contribution in [0.2, 0.25) is 0 Å². The van der Waals surface area contributed by atoms with E-state index in [2.05, 4.69) is 20.8 Å². The Hall–Kier alpha value is -1.36. The molecule has 5 nitrogen and oxygen atoms in total. The minimum Gasteiger partial charge on any atom is -0.308 e. The number of H-pyrrole nitrogens is 1. The number of aromatic amines is 1. The van der Waals surface area contributed by atoms with Crippen molar-refractivity contribution in [2.45, 2.75) is 45.6 Å². The minimum absolute atomic E-state index is 0.0292. The van der Waals surface area contributed by atoms with Crippen molar-refractivity contribution in [2.75, 3.05) is 11.9 Å². The largest absolute Gasteiger partial charge is 0.308 e. The third-order valence-electron chi connectivity index (χ3n) is 3.37. The summed E-state index contributed by atoms with van der Waals surface area (Å²) in [4.78, 5) is 12.1. The highest BCUT2D eigenvalue weighted by molar-refractivity contribution is 5.94. The second-order valence-electron chi connectivity index (χ2n) is 4.67. The number of rotatable bonds is 2. The quantitative estimate of drug-likeness (QED) is 0.728. The molecule has 2 heterocycles. The van der Waals surface area contributed by atoms with Crippen LogP contribution in [0.3, 0.4) is 0 Å². The molecular weight excluding hydrogens is 216 g/mol. The van der Waals surface area contributed by atoms with Crippen LogP contribution in [-0.4, -0.2) is 28.7 Å². The van der Waals surface area contributed by atoms with E-state index >= 15 is 0 Å². The molecule has 5 heteroatoms. The monoisotopic (exact) mass is 236 g/mol. The molecule has 1 aromatic rings. The van der Waals surface area contributed by atoms with Crippen LogP contribution in [0.1, 0.15) is 36.9 Å². The van der Waals surface area contributed by atoms with E-state index in [1.807, 2.05) is 13.8 Å². The number of nitrogens with one attached hydrogen (secondary N) is 3. The summed E-state index contributed by atoms with van der Waals surface area (Å²) < 4.78 is 0. The standard InChI is InChI=1S/C12H20N4O/c1-8-9(2)15-16-11(8)14-12(17)10-6-4-3-5-7-13-10/h10,13H,3-7H2,1-2H3,(H2,14,15,16,17). The van der Waals surface area contributed by atoms with E-state index in [9.17, 15) is 4.79 Å². The number of aryl methyl sites for hydroxylation is 1. The number of carbonyl (C=O) groups is 1. The van der Waals surface area contributed by atoms with Crippen LogP contribution in [0.15, 0.2) is 0 Å². The van der Waals surface area contributed by atoms with Gasteiger partial charge < -0.3 is 10.6 Å². The first-order valence-corrected chi connectivity index (χ1v) is 6.24. The maximum Gasteiger partial charge on any atom is 0.242 e. The van der Waals surface area contributed by atoms with Gasteiger partial charge in [-0.25, -0.2) is 0 Å². The first-order valence-electron chi connectivity index (χ1n) is 6.24. The first kappa shape index (κ1) is 12.1. The van der Waals surface area contributed by atoms with Gasteiger partial charge in [-0.3, -0.25) is 9.89 Å². The molecule has 2 rings (SSSR count). The van der Waals surface area contributed by atoms with E-state index in [0.29, 0.717) is 5.82 Å². The Labute approximate surface area is 101 Å². The average Bonchev–Trinajstić information content (AvgIpc) is 2.59. The van der Waals surface area contributed by atoms with E-state index in [-0.39, 0.29) is 11.9 Å². The Morgan fingerprint density at radius 1 is 1.35 bits per heavy atom. The molecule has 17 heavy (non-hydrogen) atoms. The predicted octanol–water partition coefficient (Wildman–Crippen LogP) is 1.50. The van der Waals surface area contributed by atoms with Crippen LogP contribution in [0.4, 0.5) is 5.82 Å². The van der Waals surface area contributed by atoms with E-state index in [1.54, 1.807) is 0 Å².